The number of aromatic amines is 1. The van der Waals surface area contributed by atoms with Crippen LogP contribution in [0.1, 0.15) is 29.8 Å². The van der Waals surface area contributed by atoms with Crippen LogP contribution in [0.4, 0.5) is 0 Å². The highest BCUT2D eigenvalue weighted by molar-refractivity contribution is 5.96. The molecule has 3 aromatic rings. The van der Waals surface area contributed by atoms with Crippen molar-refractivity contribution in [3.05, 3.63) is 77.0 Å². The third-order valence-electron chi connectivity index (χ3n) is 4.95. The van der Waals surface area contributed by atoms with Gasteiger partial charge in [-0.3, -0.25) is 0 Å². The molecule has 4 nitrogen and oxygen atoms in total. The highest BCUT2D eigenvalue weighted by atomic mass is 16.5. The Morgan fingerprint density at radius 3 is 2.62 bits per heavy atom. The van der Waals surface area contributed by atoms with Gasteiger partial charge in [0.25, 0.3) is 0 Å². The number of nitrogens with one attached hydrogen (secondary N) is 2. The molecule has 0 radical (unpaired) electrons. The highest BCUT2D eigenvalue weighted by Gasteiger charge is 2.33. The summed E-state index contributed by atoms with van der Waals surface area (Å²) in [5.41, 5.74) is 5.02. The van der Waals surface area contributed by atoms with Crippen molar-refractivity contribution < 1.29 is 9.53 Å². The zero-order chi connectivity index (χ0) is 18.1. The van der Waals surface area contributed by atoms with E-state index in [1.807, 2.05) is 42.5 Å². The van der Waals surface area contributed by atoms with Crippen LogP contribution in [0.5, 0.6) is 0 Å². The molecule has 0 saturated carbocycles. The van der Waals surface area contributed by atoms with Gasteiger partial charge >= 0.3 is 5.97 Å². The van der Waals surface area contributed by atoms with Crippen LogP contribution in [0.2, 0.25) is 0 Å². The monoisotopic (exact) mass is 346 g/mol. The molecule has 0 bridgehead atoms. The number of ether oxygens (including phenoxy) is 1. The van der Waals surface area contributed by atoms with E-state index in [0.717, 1.165) is 23.2 Å². The van der Waals surface area contributed by atoms with Gasteiger partial charge in [0, 0.05) is 22.6 Å². The van der Waals surface area contributed by atoms with Crippen molar-refractivity contribution >= 4 is 22.9 Å². The van der Waals surface area contributed by atoms with Gasteiger partial charge in [-0.05, 0) is 36.6 Å². The third kappa shape index (κ3) is 2.93. The van der Waals surface area contributed by atoms with E-state index in [2.05, 4.69) is 35.4 Å². The zero-order valence-corrected chi connectivity index (χ0v) is 15.0. The van der Waals surface area contributed by atoms with Gasteiger partial charge in [0.05, 0.1) is 18.7 Å². The fraction of sp³-hybridized carbons (Fsp3) is 0.227. The van der Waals surface area contributed by atoms with Crippen LogP contribution in [0.15, 0.2) is 60.2 Å². The molecule has 0 amide bonds. The first-order valence-corrected chi connectivity index (χ1v) is 8.88. The smallest absolute Gasteiger partial charge is 0.335 e. The summed E-state index contributed by atoms with van der Waals surface area (Å²) in [6, 6.07) is 18.2. The van der Waals surface area contributed by atoms with Gasteiger partial charge in [0.2, 0.25) is 0 Å². The van der Waals surface area contributed by atoms with E-state index in [1.54, 1.807) is 0 Å². The standard InChI is InChI=1S/C22H22N2O2/c1-14-12-17-16-10-6-7-11-19(16)24-20(17)21(23-14)18(22(25)26-2)13-15-8-4-3-5-9-15/h3-11,13-14,21,23-24H,12H2,1-2H3/b18-13-. The Balaban J connectivity index is 1.87. The number of rotatable bonds is 3. The molecule has 2 atom stereocenters. The van der Waals surface area contributed by atoms with Gasteiger partial charge in [-0.2, -0.15) is 0 Å². The van der Waals surface area contributed by atoms with E-state index < -0.39 is 0 Å². The summed E-state index contributed by atoms with van der Waals surface area (Å²) in [6.07, 6.45) is 2.84. The average Bonchev–Trinajstić information content (AvgIpc) is 3.04. The summed E-state index contributed by atoms with van der Waals surface area (Å²) in [5, 5.41) is 4.80. The Hall–Kier alpha value is -2.85. The van der Waals surface area contributed by atoms with Crippen molar-refractivity contribution in [1.82, 2.24) is 10.3 Å². The lowest BCUT2D eigenvalue weighted by molar-refractivity contribution is -0.136. The summed E-state index contributed by atoms with van der Waals surface area (Å²) >= 11 is 0. The van der Waals surface area contributed by atoms with Gasteiger partial charge in [0.15, 0.2) is 0 Å². The minimum atomic E-state index is -0.315. The molecule has 0 saturated heterocycles. The van der Waals surface area contributed by atoms with Crippen molar-refractivity contribution in [2.45, 2.75) is 25.4 Å². The summed E-state index contributed by atoms with van der Waals surface area (Å²) < 4.78 is 5.10. The van der Waals surface area contributed by atoms with Crippen molar-refractivity contribution in [2.24, 2.45) is 0 Å². The number of para-hydroxylation sites is 1. The van der Waals surface area contributed by atoms with Crippen molar-refractivity contribution in [3.8, 4) is 0 Å². The fourth-order valence-electron chi connectivity index (χ4n) is 3.77. The number of methoxy groups -OCH3 is 1. The summed E-state index contributed by atoms with van der Waals surface area (Å²) in [4.78, 5) is 16.1. The molecule has 2 N–H and O–H groups in total. The Bertz CT molecular complexity index is 972. The Morgan fingerprint density at radius 1 is 1.12 bits per heavy atom. The second kappa shape index (κ2) is 6.81. The van der Waals surface area contributed by atoms with Crippen molar-refractivity contribution in [3.63, 3.8) is 0 Å². The molecule has 26 heavy (non-hydrogen) atoms. The predicted octanol–water partition coefficient (Wildman–Crippen LogP) is 4.00. The topological polar surface area (TPSA) is 54.1 Å². The lowest BCUT2D eigenvalue weighted by Crippen LogP contribution is -2.39. The molecule has 2 aromatic carbocycles. The van der Waals surface area contributed by atoms with E-state index in [-0.39, 0.29) is 18.1 Å². The molecule has 1 aromatic heterocycles. The number of hydrogen-bond donors (Lipinski definition) is 2. The Morgan fingerprint density at radius 2 is 1.85 bits per heavy atom. The molecule has 4 heteroatoms. The summed E-state index contributed by atoms with van der Waals surface area (Å²) in [7, 11) is 1.43. The van der Waals surface area contributed by atoms with Crippen LogP contribution < -0.4 is 5.32 Å². The third-order valence-corrected chi connectivity index (χ3v) is 4.95. The Kier molecular flexibility index (Phi) is 4.35. The highest BCUT2D eigenvalue weighted by Crippen LogP contribution is 2.36. The molecule has 0 spiro atoms. The molecule has 2 heterocycles. The van der Waals surface area contributed by atoms with Crippen LogP contribution in [-0.4, -0.2) is 24.1 Å². The maximum atomic E-state index is 12.6. The number of esters is 1. The maximum absolute atomic E-state index is 12.6. The molecule has 132 valence electrons. The van der Waals surface area contributed by atoms with Gasteiger partial charge in [-0.15, -0.1) is 0 Å². The second-order valence-corrected chi connectivity index (χ2v) is 6.77. The zero-order valence-electron chi connectivity index (χ0n) is 15.0. The summed E-state index contributed by atoms with van der Waals surface area (Å²) in [5.74, 6) is -0.315. The lowest BCUT2D eigenvalue weighted by Gasteiger charge is -2.30. The SMILES string of the molecule is COC(=O)/C(=C\c1ccccc1)C1NC(C)Cc2c1[nH]c1ccccc21. The van der Waals surface area contributed by atoms with Gasteiger partial charge in [-0.1, -0.05) is 48.5 Å². The number of H-pyrrole nitrogens is 1. The van der Waals surface area contributed by atoms with Gasteiger partial charge in [-0.25, -0.2) is 4.79 Å². The molecule has 1 aliphatic rings. The molecule has 0 aliphatic carbocycles. The number of aromatic nitrogens is 1. The minimum absolute atomic E-state index is 0.228. The van der Waals surface area contributed by atoms with Crippen LogP contribution in [0, 0.1) is 0 Å². The molecular formula is C22H22N2O2. The number of carbonyl (C=O) groups excluding carboxylic acids is 1. The van der Waals surface area contributed by atoms with Crippen LogP contribution in [0.25, 0.3) is 17.0 Å². The van der Waals surface area contributed by atoms with E-state index in [0.29, 0.717) is 5.57 Å². The molecule has 2 unspecified atom stereocenters. The number of benzene rings is 2. The molecule has 0 fully saturated rings. The number of hydrogen-bond acceptors (Lipinski definition) is 3. The van der Waals surface area contributed by atoms with Crippen LogP contribution >= 0.6 is 0 Å². The van der Waals surface area contributed by atoms with Crippen LogP contribution in [0.3, 0.4) is 0 Å². The van der Waals surface area contributed by atoms with E-state index >= 15 is 0 Å². The quantitative estimate of drug-likeness (QED) is 0.557. The fourth-order valence-corrected chi connectivity index (χ4v) is 3.77. The Labute approximate surface area is 152 Å². The molecular weight excluding hydrogens is 324 g/mol. The first kappa shape index (κ1) is 16.6. The van der Waals surface area contributed by atoms with Crippen molar-refractivity contribution in [2.75, 3.05) is 7.11 Å². The van der Waals surface area contributed by atoms with Crippen molar-refractivity contribution in [1.29, 1.82) is 0 Å². The minimum Gasteiger partial charge on any atom is -0.466 e. The lowest BCUT2D eigenvalue weighted by atomic mass is 9.90. The van der Waals surface area contributed by atoms with Crippen LogP contribution in [-0.2, 0) is 16.0 Å². The summed E-state index contributed by atoms with van der Waals surface area (Å²) in [6.45, 7) is 2.15. The first-order chi connectivity index (χ1) is 12.7. The number of carbonyl (C=O) groups is 1. The van der Waals surface area contributed by atoms with E-state index in [1.165, 1.54) is 18.1 Å². The second-order valence-electron chi connectivity index (χ2n) is 6.77. The largest absolute Gasteiger partial charge is 0.466 e. The average molecular weight is 346 g/mol. The number of fused-ring (bicyclic) bond motifs is 3. The van der Waals surface area contributed by atoms with E-state index in [9.17, 15) is 4.79 Å². The van der Waals surface area contributed by atoms with Gasteiger partial charge < -0.3 is 15.0 Å². The van der Waals surface area contributed by atoms with E-state index in [4.69, 9.17) is 4.74 Å². The normalized spacial score (nSPS) is 20.0. The molecule has 1 aliphatic heterocycles. The first-order valence-electron chi connectivity index (χ1n) is 8.88. The van der Waals surface area contributed by atoms with Gasteiger partial charge in [0.1, 0.15) is 0 Å². The predicted molar refractivity (Wildman–Crippen MR) is 104 cm³/mol. The maximum Gasteiger partial charge on any atom is 0.335 e. The molecule has 4 rings (SSSR count).